The zero-order valence-electron chi connectivity index (χ0n) is 12.7. The molecule has 0 aliphatic carbocycles. The van der Waals surface area contributed by atoms with Crippen LogP contribution in [0.4, 0.5) is 5.69 Å². The van der Waals surface area contributed by atoms with E-state index >= 15 is 0 Å². The van der Waals surface area contributed by atoms with Gasteiger partial charge < -0.3 is 18.9 Å². The van der Waals surface area contributed by atoms with Gasteiger partial charge in [-0.3, -0.25) is 14.6 Å². The average Bonchev–Trinajstić information content (AvgIpc) is 2.44. The summed E-state index contributed by atoms with van der Waals surface area (Å²) in [6, 6.07) is 1.56. The predicted molar refractivity (Wildman–Crippen MR) is 75.2 cm³/mol. The number of cyclic esters (lactones) is 2. The monoisotopic (exact) mass is 308 g/mol. The van der Waals surface area contributed by atoms with E-state index in [9.17, 15) is 9.59 Å². The molecular formula is C14H16N2O6. The molecule has 0 aromatic carbocycles. The maximum atomic E-state index is 11.8. The minimum atomic E-state index is -1.26. The van der Waals surface area contributed by atoms with Crippen LogP contribution in [0.5, 0.6) is 11.6 Å². The Hall–Kier alpha value is -2.64. The number of ether oxygens (including phenoxy) is 4. The van der Waals surface area contributed by atoms with E-state index in [1.807, 2.05) is 0 Å². The topological polar surface area (TPSA) is 96.3 Å². The highest BCUT2D eigenvalue weighted by molar-refractivity contribution is 6.10. The minimum absolute atomic E-state index is 0.305. The molecule has 0 N–H and O–H groups in total. The molecule has 22 heavy (non-hydrogen) atoms. The number of aliphatic imine (C=N–C) groups is 1. The summed E-state index contributed by atoms with van der Waals surface area (Å²) in [5, 5.41) is 0. The fraction of sp³-hybridized carbons (Fsp3) is 0.429. The molecule has 0 amide bonds. The third-order valence-corrected chi connectivity index (χ3v) is 2.79. The number of hydrogen-bond donors (Lipinski definition) is 0. The molecule has 1 aliphatic rings. The number of carbonyl (C=O) groups excluding carboxylic acids is 2. The Balaban J connectivity index is 2.18. The van der Waals surface area contributed by atoms with E-state index in [0.29, 0.717) is 17.3 Å². The van der Waals surface area contributed by atoms with Gasteiger partial charge in [-0.2, -0.15) is 0 Å². The van der Waals surface area contributed by atoms with Gasteiger partial charge in [0, 0.05) is 26.1 Å². The quantitative estimate of drug-likeness (QED) is 0.469. The van der Waals surface area contributed by atoms with Gasteiger partial charge in [-0.25, -0.2) is 4.98 Å². The zero-order valence-corrected chi connectivity index (χ0v) is 12.7. The fourth-order valence-corrected chi connectivity index (χ4v) is 1.80. The Morgan fingerprint density at radius 2 is 1.86 bits per heavy atom. The van der Waals surface area contributed by atoms with Gasteiger partial charge in [-0.05, 0) is 0 Å². The third-order valence-electron chi connectivity index (χ3n) is 2.79. The average molecular weight is 308 g/mol. The first-order valence-corrected chi connectivity index (χ1v) is 6.44. The van der Waals surface area contributed by atoms with Crippen molar-refractivity contribution in [2.45, 2.75) is 19.6 Å². The normalized spacial score (nSPS) is 18.0. The maximum absolute atomic E-state index is 11.8. The molecule has 2 rings (SSSR count). The van der Waals surface area contributed by atoms with Gasteiger partial charge >= 0.3 is 11.9 Å². The molecule has 0 bridgehead atoms. The molecule has 1 aliphatic heterocycles. The summed E-state index contributed by atoms with van der Waals surface area (Å²) >= 11 is 0. The van der Waals surface area contributed by atoms with Crippen LogP contribution in [0.15, 0.2) is 17.3 Å². The van der Waals surface area contributed by atoms with Crippen LogP contribution in [0.3, 0.4) is 0 Å². The Kier molecular flexibility index (Phi) is 4.30. The second kappa shape index (κ2) is 6.00. The summed E-state index contributed by atoms with van der Waals surface area (Å²) in [4.78, 5) is 31.6. The molecule has 8 nitrogen and oxygen atoms in total. The molecule has 2 heterocycles. The number of aromatic nitrogens is 1. The first-order chi connectivity index (χ1) is 10.4. The van der Waals surface area contributed by atoms with E-state index in [2.05, 4.69) is 9.98 Å². The van der Waals surface area contributed by atoms with E-state index < -0.39 is 23.6 Å². The SMILES string of the molecule is COc1cc(/N=C/C2C(=O)OC(C)(C)OC2=O)cnc1OC. The molecule has 0 saturated carbocycles. The first kappa shape index (κ1) is 15.7. The predicted octanol–water partition coefficient (Wildman–Crippen LogP) is 1.25. The van der Waals surface area contributed by atoms with Gasteiger partial charge in [0.05, 0.1) is 26.1 Å². The largest absolute Gasteiger partial charge is 0.491 e. The zero-order chi connectivity index (χ0) is 16.3. The van der Waals surface area contributed by atoms with Crippen molar-refractivity contribution in [2.75, 3.05) is 14.2 Å². The maximum Gasteiger partial charge on any atom is 0.329 e. The molecule has 8 heteroatoms. The number of methoxy groups -OCH3 is 2. The van der Waals surface area contributed by atoms with E-state index in [1.54, 1.807) is 6.07 Å². The van der Waals surface area contributed by atoms with Crippen molar-refractivity contribution >= 4 is 23.8 Å². The van der Waals surface area contributed by atoms with Crippen LogP contribution in [0.2, 0.25) is 0 Å². The highest BCUT2D eigenvalue weighted by Crippen LogP contribution is 2.28. The lowest BCUT2D eigenvalue weighted by Gasteiger charge is -2.31. The van der Waals surface area contributed by atoms with Gasteiger partial charge in [0.15, 0.2) is 11.7 Å². The van der Waals surface area contributed by atoms with Crippen molar-refractivity contribution in [2.24, 2.45) is 10.9 Å². The van der Waals surface area contributed by atoms with Gasteiger partial charge in [0.25, 0.3) is 11.7 Å². The van der Waals surface area contributed by atoms with Crippen LogP contribution < -0.4 is 9.47 Å². The number of hydrogen-bond acceptors (Lipinski definition) is 8. The highest BCUT2D eigenvalue weighted by Gasteiger charge is 2.42. The Morgan fingerprint density at radius 1 is 1.23 bits per heavy atom. The first-order valence-electron chi connectivity index (χ1n) is 6.44. The fourth-order valence-electron chi connectivity index (χ4n) is 1.80. The molecule has 0 atom stereocenters. The van der Waals surface area contributed by atoms with E-state index in [1.165, 1.54) is 34.3 Å². The molecule has 118 valence electrons. The summed E-state index contributed by atoms with van der Waals surface area (Å²) in [7, 11) is 2.93. The second-order valence-electron chi connectivity index (χ2n) is 4.90. The van der Waals surface area contributed by atoms with Crippen molar-refractivity contribution in [3.05, 3.63) is 12.3 Å². The van der Waals surface area contributed by atoms with Crippen molar-refractivity contribution in [1.29, 1.82) is 0 Å². The molecule has 1 aromatic heterocycles. The lowest BCUT2D eigenvalue weighted by molar-refractivity contribution is -0.235. The number of rotatable bonds is 4. The van der Waals surface area contributed by atoms with Crippen LogP contribution >= 0.6 is 0 Å². The molecule has 1 aromatic rings. The summed E-state index contributed by atoms with van der Waals surface area (Å²) < 4.78 is 20.1. The number of pyridine rings is 1. The number of nitrogens with zero attached hydrogens (tertiary/aromatic N) is 2. The van der Waals surface area contributed by atoms with Crippen LogP contribution in [-0.4, -0.2) is 43.1 Å². The molecule has 1 saturated heterocycles. The van der Waals surface area contributed by atoms with E-state index in [0.717, 1.165) is 6.21 Å². The summed E-state index contributed by atoms with van der Waals surface area (Å²) in [6.45, 7) is 2.96. The van der Waals surface area contributed by atoms with Gasteiger partial charge in [0.1, 0.15) is 0 Å². The van der Waals surface area contributed by atoms with Crippen LogP contribution in [-0.2, 0) is 19.1 Å². The third kappa shape index (κ3) is 3.33. The standard InChI is InChI=1S/C14H16N2O6/c1-14(2)21-12(17)9(13(18)22-14)7-15-8-5-10(19-3)11(20-4)16-6-8/h5-7,9H,1-4H3/b15-7+. The van der Waals surface area contributed by atoms with Crippen molar-refractivity contribution in [3.8, 4) is 11.6 Å². The molecule has 0 spiro atoms. The summed E-state index contributed by atoms with van der Waals surface area (Å²) in [6.07, 6.45) is 2.57. The minimum Gasteiger partial charge on any atom is -0.491 e. The van der Waals surface area contributed by atoms with Crippen LogP contribution in [0.1, 0.15) is 13.8 Å². The molecule has 0 radical (unpaired) electrons. The number of esters is 2. The molecule has 0 unspecified atom stereocenters. The smallest absolute Gasteiger partial charge is 0.329 e. The molecular weight excluding hydrogens is 292 g/mol. The highest BCUT2D eigenvalue weighted by atomic mass is 16.7. The van der Waals surface area contributed by atoms with Gasteiger partial charge in [-0.15, -0.1) is 0 Å². The summed E-state index contributed by atoms with van der Waals surface area (Å²) in [5.41, 5.74) is 0.392. The Bertz CT molecular complexity index is 606. The van der Waals surface area contributed by atoms with Crippen molar-refractivity contribution in [1.82, 2.24) is 4.98 Å². The Morgan fingerprint density at radius 3 is 2.41 bits per heavy atom. The van der Waals surface area contributed by atoms with Gasteiger partial charge in [-0.1, -0.05) is 0 Å². The lowest BCUT2D eigenvalue weighted by Crippen LogP contribution is -2.46. The van der Waals surface area contributed by atoms with E-state index in [4.69, 9.17) is 18.9 Å². The Labute approximate surface area is 127 Å². The second-order valence-corrected chi connectivity index (χ2v) is 4.90. The lowest BCUT2D eigenvalue weighted by atomic mass is 10.1. The summed E-state index contributed by atoms with van der Waals surface area (Å²) in [5.74, 6) is -3.20. The van der Waals surface area contributed by atoms with Crippen LogP contribution in [0, 0.1) is 5.92 Å². The number of carbonyl (C=O) groups is 2. The van der Waals surface area contributed by atoms with Gasteiger partial charge in [0.2, 0.25) is 0 Å². The molecule has 1 fully saturated rings. The van der Waals surface area contributed by atoms with Crippen molar-refractivity contribution < 1.29 is 28.5 Å². The van der Waals surface area contributed by atoms with Crippen LogP contribution in [0.25, 0.3) is 0 Å². The van der Waals surface area contributed by atoms with E-state index in [-0.39, 0.29) is 0 Å². The van der Waals surface area contributed by atoms with Crippen molar-refractivity contribution in [3.63, 3.8) is 0 Å².